The zero-order valence-electron chi connectivity index (χ0n) is 20.4. The molecule has 188 valence electrons. The maximum atomic E-state index is 13.3. The SMILES string of the molecule is Cc1nn2c(=O)c(C(=O)NC3CC3)c(O)n(CC(C)C)c2c1C=CC(=O)N1CCOc2ncccc21. The molecule has 1 aliphatic carbocycles. The van der Waals surface area contributed by atoms with Gasteiger partial charge in [0.05, 0.1) is 12.2 Å². The van der Waals surface area contributed by atoms with Gasteiger partial charge in [0.25, 0.3) is 17.4 Å². The van der Waals surface area contributed by atoms with E-state index in [9.17, 15) is 19.5 Å². The van der Waals surface area contributed by atoms with Gasteiger partial charge in [-0.05, 0) is 43.9 Å². The molecule has 1 saturated carbocycles. The van der Waals surface area contributed by atoms with Gasteiger partial charge in [0, 0.05) is 30.4 Å². The number of carbonyl (C=O) groups is 2. The summed E-state index contributed by atoms with van der Waals surface area (Å²) in [5.74, 6) is -0.820. The molecule has 0 bridgehead atoms. The zero-order valence-corrected chi connectivity index (χ0v) is 20.4. The highest BCUT2D eigenvalue weighted by Gasteiger charge is 2.30. The topological polar surface area (TPSA) is 131 Å². The molecule has 11 heteroatoms. The third-order valence-electron chi connectivity index (χ3n) is 6.16. The number of aryl methyl sites for hydroxylation is 1. The second-order valence-corrected chi connectivity index (χ2v) is 9.49. The monoisotopic (exact) mass is 492 g/mol. The van der Waals surface area contributed by atoms with E-state index in [1.165, 1.54) is 10.6 Å². The van der Waals surface area contributed by atoms with Crippen LogP contribution in [0.25, 0.3) is 11.7 Å². The van der Waals surface area contributed by atoms with Crippen LogP contribution in [0.1, 0.15) is 48.3 Å². The van der Waals surface area contributed by atoms with E-state index in [0.717, 1.165) is 17.4 Å². The average molecular weight is 493 g/mol. The number of amides is 2. The van der Waals surface area contributed by atoms with Crippen LogP contribution in [0.5, 0.6) is 11.8 Å². The van der Waals surface area contributed by atoms with Crippen molar-refractivity contribution in [1.82, 2.24) is 24.5 Å². The molecule has 0 aromatic carbocycles. The van der Waals surface area contributed by atoms with E-state index in [2.05, 4.69) is 15.4 Å². The van der Waals surface area contributed by atoms with Crippen molar-refractivity contribution in [2.24, 2.45) is 5.92 Å². The number of fused-ring (bicyclic) bond motifs is 2. The smallest absolute Gasteiger partial charge is 0.291 e. The lowest BCUT2D eigenvalue weighted by molar-refractivity contribution is -0.114. The first-order valence-electron chi connectivity index (χ1n) is 12.0. The van der Waals surface area contributed by atoms with E-state index in [0.29, 0.717) is 48.2 Å². The van der Waals surface area contributed by atoms with Gasteiger partial charge in [-0.2, -0.15) is 9.61 Å². The number of anilines is 1. The molecule has 0 atom stereocenters. The molecule has 1 aliphatic heterocycles. The van der Waals surface area contributed by atoms with Crippen molar-refractivity contribution in [2.75, 3.05) is 18.1 Å². The number of hydrogen-bond acceptors (Lipinski definition) is 7. The number of aromatic nitrogens is 4. The van der Waals surface area contributed by atoms with Crippen LogP contribution in [0, 0.1) is 12.8 Å². The number of nitrogens with zero attached hydrogens (tertiary/aromatic N) is 5. The second-order valence-electron chi connectivity index (χ2n) is 9.49. The summed E-state index contributed by atoms with van der Waals surface area (Å²) >= 11 is 0. The Morgan fingerprint density at radius 3 is 2.83 bits per heavy atom. The van der Waals surface area contributed by atoms with E-state index in [1.54, 1.807) is 36.2 Å². The van der Waals surface area contributed by atoms with Crippen molar-refractivity contribution in [3.05, 3.63) is 51.6 Å². The summed E-state index contributed by atoms with van der Waals surface area (Å²) in [6, 6.07) is 3.52. The molecule has 2 amide bonds. The Kier molecular flexibility index (Phi) is 5.99. The van der Waals surface area contributed by atoms with Crippen LogP contribution in [0.15, 0.2) is 29.2 Å². The molecule has 5 rings (SSSR count). The number of ether oxygens (including phenoxy) is 1. The largest absolute Gasteiger partial charge is 0.494 e. The van der Waals surface area contributed by atoms with Crippen molar-refractivity contribution in [1.29, 1.82) is 0 Å². The molecule has 1 fully saturated rings. The van der Waals surface area contributed by atoms with Gasteiger partial charge in [0.15, 0.2) is 5.56 Å². The Balaban J connectivity index is 1.58. The molecule has 3 aromatic heterocycles. The van der Waals surface area contributed by atoms with Crippen molar-refractivity contribution in [3.63, 3.8) is 0 Å². The normalized spacial score (nSPS) is 15.4. The predicted octanol–water partition coefficient (Wildman–Crippen LogP) is 1.89. The fourth-order valence-electron chi connectivity index (χ4n) is 4.31. The van der Waals surface area contributed by atoms with Gasteiger partial charge in [0.2, 0.25) is 11.8 Å². The van der Waals surface area contributed by atoms with Crippen LogP contribution in [0.2, 0.25) is 0 Å². The Bertz CT molecular complexity index is 1450. The summed E-state index contributed by atoms with van der Waals surface area (Å²) in [7, 11) is 0. The molecule has 0 unspecified atom stereocenters. The minimum atomic E-state index is -0.706. The van der Waals surface area contributed by atoms with Crippen molar-refractivity contribution in [3.8, 4) is 11.8 Å². The maximum absolute atomic E-state index is 13.3. The fraction of sp³-hybridized carbons (Fsp3) is 0.400. The van der Waals surface area contributed by atoms with E-state index < -0.39 is 17.3 Å². The number of pyridine rings is 1. The van der Waals surface area contributed by atoms with Crippen LogP contribution in [0.4, 0.5) is 5.69 Å². The van der Waals surface area contributed by atoms with Crippen molar-refractivity contribution in [2.45, 2.75) is 46.2 Å². The number of nitrogens with one attached hydrogen (secondary N) is 1. The first-order valence-corrected chi connectivity index (χ1v) is 12.0. The van der Waals surface area contributed by atoms with Crippen LogP contribution in [-0.2, 0) is 11.3 Å². The highest BCUT2D eigenvalue weighted by atomic mass is 16.5. The molecule has 0 saturated heterocycles. The van der Waals surface area contributed by atoms with Gasteiger partial charge in [-0.3, -0.25) is 19.0 Å². The third kappa shape index (κ3) is 4.21. The summed E-state index contributed by atoms with van der Waals surface area (Å²) in [5, 5.41) is 18.2. The third-order valence-corrected chi connectivity index (χ3v) is 6.16. The van der Waals surface area contributed by atoms with Gasteiger partial charge in [-0.1, -0.05) is 13.8 Å². The van der Waals surface area contributed by atoms with Crippen LogP contribution >= 0.6 is 0 Å². The molecule has 0 radical (unpaired) electrons. The Hall–Kier alpha value is -4.15. The number of aromatic hydroxyl groups is 1. The minimum Gasteiger partial charge on any atom is -0.494 e. The maximum Gasteiger partial charge on any atom is 0.291 e. The van der Waals surface area contributed by atoms with Gasteiger partial charge in [0.1, 0.15) is 17.9 Å². The van der Waals surface area contributed by atoms with Crippen LogP contribution in [-0.4, -0.2) is 55.3 Å². The molecular formula is C25H28N6O5. The zero-order chi connectivity index (χ0) is 25.6. The van der Waals surface area contributed by atoms with Crippen LogP contribution in [0.3, 0.4) is 0 Å². The lowest BCUT2D eigenvalue weighted by atomic mass is 10.1. The molecule has 36 heavy (non-hydrogen) atoms. The van der Waals surface area contributed by atoms with Crippen molar-refractivity contribution < 1.29 is 19.4 Å². The molecule has 3 aromatic rings. The van der Waals surface area contributed by atoms with Crippen molar-refractivity contribution >= 4 is 29.2 Å². The fourth-order valence-corrected chi connectivity index (χ4v) is 4.31. The Labute approximate surface area is 207 Å². The molecule has 2 N–H and O–H groups in total. The standard InChI is InChI=1S/C25H28N6O5/c1-14(2)13-30-23-17(8-9-19(32)29-11-12-36-22-18(29)5-4-10-26-22)15(3)28-31(23)25(35)20(24(30)34)21(33)27-16-6-7-16/h4-5,8-10,14,16,34H,6-7,11-13H2,1-3H3,(H,27,33). The number of rotatable bonds is 6. The quantitative estimate of drug-likeness (QED) is 0.503. The molecule has 0 spiro atoms. The average Bonchev–Trinajstić information content (AvgIpc) is 3.60. The predicted molar refractivity (Wildman–Crippen MR) is 132 cm³/mol. The summed E-state index contributed by atoms with van der Waals surface area (Å²) in [6.07, 6.45) is 6.29. The molecule has 2 aliphatic rings. The van der Waals surface area contributed by atoms with E-state index in [4.69, 9.17) is 4.74 Å². The summed E-state index contributed by atoms with van der Waals surface area (Å²) < 4.78 is 8.18. The Morgan fingerprint density at radius 2 is 2.11 bits per heavy atom. The van der Waals surface area contributed by atoms with Gasteiger partial charge in [-0.25, -0.2) is 4.98 Å². The first kappa shape index (κ1) is 23.6. The molecule has 4 heterocycles. The van der Waals surface area contributed by atoms with Gasteiger partial charge in [-0.15, -0.1) is 0 Å². The minimum absolute atomic E-state index is 0.0231. The van der Waals surface area contributed by atoms with E-state index in [-0.39, 0.29) is 23.4 Å². The lowest BCUT2D eigenvalue weighted by Gasteiger charge is -2.27. The number of carbonyl (C=O) groups excluding carboxylic acids is 2. The van der Waals surface area contributed by atoms with Gasteiger partial charge < -0.3 is 20.1 Å². The van der Waals surface area contributed by atoms with E-state index >= 15 is 0 Å². The van der Waals surface area contributed by atoms with Crippen LogP contribution < -0.4 is 20.5 Å². The lowest BCUT2D eigenvalue weighted by Crippen LogP contribution is -2.37. The van der Waals surface area contributed by atoms with Gasteiger partial charge >= 0.3 is 0 Å². The second kappa shape index (κ2) is 9.14. The highest BCUT2D eigenvalue weighted by Crippen LogP contribution is 2.29. The molecular weight excluding hydrogens is 464 g/mol. The number of hydrogen-bond donors (Lipinski definition) is 2. The summed E-state index contributed by atoms with van der Waals surface area (Å²) in [6.45, 7) is 6.67. The first-order chi connectivity index (χ1) is 17.3. The molecule has 11 nitrogen and oxygen atoms in total. The Morgan fingerprint density at radius 1 is 1.33 bits per heavy atom. The summed E-state index contributed by atoms with van der Waals surface area (Å²) in [5.41, 5.74) is 0.849. The highest BCUT2D eigenvalue weighted by molar-refractivity contribution is 6.05. The summed E-state index contributed by atoms with van der Waals surface area (Å²) in [4.78, 5) is 44.9. The van der Waals surface area contributed by atoms with E-state index in [1.807, 2.05) is 13.8 Å².